The van der Waals surface area contributed by atoms with Crippen LogP contribution in [0.1, 0.15) is 19.4 Å². The molecule has 0 aromatic heterocycles. The maximum absolute atomic E-state index is 6.52. The van der Waals surface area contributed by atoms with Crippen LogP contribution in [0.3, 0.4) is 0 Å². The Morgan fingerprint density at radius 1 is 1.23 bits per heavy atom. The Labute approximate surface area is 162 Å². The molecular weight excluding hydrogens is 350 g/mol. The number of benzene rings is 1. The van der Waals surface area contributed by atoms with Crippen molar-refractivity contribution in [2.45, 2.75) is 26.0 Å². The first-order valence-corrected chi connectivity index (χ1v) is 9.44. The van der Waals surface area contributed by atoms with Crippen molar-refractivity contribution in [2.75, 3.05) is 58.8 Å². The number of halogens is 1. The number of likely N-dealkylation sites (N-methyl/N-ethyl adjacent to an activating group) is 1. The van der Waals surface area contributed by atoms with E-state index in [-0.39, 0.29) is 5.60 Å². The molecule has 1 aliphatic rings. The Kier molecular flexibility index (Phi) is 7.55. The normalized spacial score (nSPS) is 16.7. The highest BCUT2D eigenvalue weighted by atomic mass is 35.5. The fraction of sp³-hybridized carbons (Fsp3) is 0.632. The molecule has 0 radical (unpaired) electrons. The van der Waals surface area contributed by atoms with E-state index in [0.717, 1.165) is 42.7 Å². The summed E-state index contributed by atoms with van der Waals surface area (Å²) in [7, 11) is 5.64. The maximum Gasteiger partial charge on any atom is 0.191 e. The molecule has 1 fully saturated rings. The molecule has 0 unspecified atom stereocenters. The fourth-order valence-corrected chi connectivity index (χ4v) is 3.06. The van der Waals surface area contributed by atoms with Crippen LogP contribution in [0.5, 0.6) is 0 Å². The quantitative estimate of drug-likeness (QED) is 0.584. The van der Waals surface area contributed by atoms with Crippen LogP contribution in [-0.4, -0.2) is 70.4 Å². The summed E-state index contributed by atoms with van der Waals surface area (Å²) in [5.74, 6) is 0.736. The number of aliphatic imine (C=N–C) groups is 1. The lowest BCUT2D eigenvalue weighted by Crippen LogP contribution is -2.46. The van der Waals surface area contributed by atoms with Crippen molar-refractivity contribution in [1.82, 2.24) is 15.5 Å². The molecule has 2 rings (SSSR count). The largest absolute Gasteiger partial charge is 0.377 e. The average Bonchev–Trinajstić information content (AvgIpc) is 2.63. The van der Waals surface area contributed by atoms with E-state index in [4.69, 9.17) is 16.3 Å². The van der Waals surface area contributed by atoms with E-state index in [1.165, 1.54) is 5.69 Å². The van der Waals surface area contributed by atoms with E-state index in [1.54, 1.807) is 14.2 Å². The highest BCUT2D eigenvalue weighted by molar-refractivity contribution is 6.31. The lowest BCUT2D eigenvalue weighted by Gasteiger charge is -2.35. The third kappa shape index (κ3) is 5.76. The summed E-state index contributed by atoms with van der Waals surface area (Å²) in [5.41, 5.74) is 2.05. The number of hydrogen-bond donors (Lipinski definition) is 2. The lowest BCUT2D eigenvalue weighted by atomic mass is 10.1. The fourth-order valence-electron chi connectivity index (χ4n) is 2.83. The van der Waals surface area contributed by atoms with Gasteiger partial charge in [0.2, 0.25) is 0 Å². The topological polar surface area (TPSA) is 52.1 Å². The van der Waals surface area contributed by atoms with Crippen LogP contribution in [0.2, 0.25) is 5.02 Å². The minimum Gasteiger partial charge on any atom is -0.377 e. The van der Waals surface area contributed by atoms with Gasteiger partial charge < -0.3 is 25.2 Å². The predicted octanol–water partition coefficient (Wildman–Crippen LogP) is 2.18. The summed E-state index contributed by atoms with van der Waals surface area (Å²) in [6.07, 6.45) is 0. The van der Waals surface area contributed by atoms with Crippen LogP contribution in [0.15, 0.2) is 23.2 Å². The summed E-state index contributed by atoms with van der Waals surface area (Å²) in [6.45, 7) is 9.51. The van der Waals surface area contributed by atoms with Crippen LogP contribution in [-0.2, 0) is 11.3 Å². The van der Waals surface area contributed by atoms with Gasteiger partial charge in [-0.3, -0.25) is 4.99 Å². The first kappa shape index (κ1) is 20.8. The highest BCUT2D eigenvalue weighted by Gasteiger charge is 2.19. The molecule has 146 valence electrons. The molecule has 0 aliphatic carbocycles. The molecule has 1 aromatic carbocycles. The number of rotatable bonds is 6. The second-order valence-electron chi connectivity index (χ2n) is 7.27. The van der Waals surface area contributed by atoms with Crippen molar-refractivity contribution < 1.29 is 4.74 Å². The van der Waals surface area contributed by atoms with Gasteiger partial charge in [0.15, 0.2) is 5.96 Å². The van der Waals surface area contributed by atoms with Crippen molar-refractivity contribution in [3.63, 3.8) is 0 Å². The summed E-state index contributed by atoms with van der Waals surface area (Å²) >= 11 is 6.52. The number of ether oxygens (including phenoxy) is 1. The van der Waals surface area contributed by atoms with Crippen LogP contribution in [0.4, 0.5) is 5.69 Å². The molecule has 1 heterocycles. The minimum absolute atomic E-state index is 0.257. The van der Waals surface area contributed by atoms with E-state index >= 15 is 0 Å². The van der Waals surface area contributed by atoms with Gasteiger partial charge in [0.25, 0.3) is 0 Å². The molecule has 0 spiro atoms. The van der Waals surface area contributed by atoms with Gasteiger partial charge in [0, 0.05) is 69.7 Å². The highest BCUT2D eigenvalue weighted by Crippen LogP contribution is 2.28. The van der Waals surface area contributed by atoms with E-state index in [9.17, 15) is 0 Å². The monoisotopic (exact) mass is 381 g/mol. The van der Waals surface area contributed by atoms with E-state index in [0.29, 0.717) is 13.1 Å². The van der Waals surface area contributed by atoms with Crippen molar-refractivity contribution in [2.24, 2.45) is 4.99 Å². The zero-order valence-corrected chi connectivity index (χ0v) is 17.4. The number of guanidine groups is 1. The molecular formula is C19H32ClN5O. The van der Waals surface area contributed by atoms with Gasteiger partial charge in [0.1, 0.15) is 0 Å². The Morgan fingerprint density at radius 3 is 2.54 bits per heavy atom. The number of nitrogens with zero attached hydrogens (tertiary/aromatic N) is 3. The van der Waals surface area contributed by atoms with Gasteiger partial charge in [-0.15, -0.1) is 0 Å². The van der Waals surface area contributed by atoms with Gasteiger partial charge in [-0.1, -0.05) is 17.7 Å². The Hall–Kier alpha value is -1.50. The molecule has 6 nitrogen and oxygen atoms in total. The number of methoxy groups -OCH3 is 1. The molecule has 0 atom stereocenters. The molecule has 0 amide bonds. The Bertz CT molecular complexity index is 612. The van der Waals surface area contributed by atoms with Crippen LogP contribution < -0.4 is 15.5 Å². The van der Waals surface area contributed by atoms with Crippen molar-refractivity contribution in [1.29, 1.82) is 0 Å². The summed E-state index contributed by atoms with van der Waals surface area (Å²) in [5, 5.41) is 7.46. The van der Waals surface area contributed by atoms with E-state index in [2.05, 4.69) is 38.5 Å². The van der Waals surface area contributed by atoms with E-state index < -0.39 is 0 Å². The molecule has 1 aliphatic heterocycles. The van der Waals surface area contributed by atoms with Crippen LogP contribution >= 0.6 is 11.6 Å². The Balaban J connectivity index is 2.04. The van der Waals surface area contributed by atoms with Crippen molar-refractivity contribution in [3.05, 3.63) is 28.8 Å². The lowest BCUT2D eigenvalue weighted by molar-refractivity contribution is 0.0268. The van der Waals surface area contributed by atoms with Crippen molar-refractivity contribution >= 4 is 23.2 Å². The number of hydrogen-bond acceptors (Lipinski definition) is 4. The number of piperazine rings is 1. The smallest absolute Gasteiger partial charge is 0.191 e. The zero-order valence-electron chi connectivity index (χ0n) is 16.6. The summed E-state index contributed by atoms with van der Waals surface area (Å²) in [4.78, 5) is 9.06. The second-order valence-corrected chi connectivity index (χ2v) is 7.68. The van der Waals surface area contributed by atoms with Gasteiger partial charge >= 0.3 is 0 Å². The molecule has 1 aromatic rings. The minimum atomic E-state index is -0.257. The van der Waals surface area contributed by atoms with Gasteiger partial charge in [-0.25, -0.2) is 0 Å². The third-order valence-electron chi connectivity index (χ3n) is 4.83. The third-order valence-corrected chi connectivity index (χ3v) is 5.18. The van der Waals surface area contributed by atoms with Crippen molar-refractivity contribution in [3.8, 4) is 0 Å². The average molecular weight is 382 g/mol. The standard InChI is InChI=1S/C19H32ClN5O/c1-19(2,26-5)14-23-18(21-3)22-13-15-16(20)7-6-8-17(15)25-11-9-24(4)10-12-25/h6-8H,9-14H2,1-5H3,(H2,21,22,23). The maximum atomic E-state index is 6.52. The molecule has 2 N–H and O–H groups in total. The van der Waals surface area contributed by atoms with Gasteiger partial charge in [0.05, 0.1) is 5.60 Å². The van der Waals surface area contributed by atoms with Gasteiger partial charge in [-0.05, 0) is 33.0 Å². The molecule has 0 saturated carbocycles. The SMILES string of the molecule is CN=C(NCc1c(Cl)cccc1N1CCN(C)CC1)NCC(C)(C)OC. The summed E-state index contributed by atoms with van der Waals surface area (Å²) < 4.78 is 5.44. The van der Waals surface area contributed by atoms with Gasteiger partial charge in [-0.2, -0.15) is 0 Å². The number of nitrogens with one attached hydrogen (secondary N) is 2. The molecule has 7 heteroatoms. The van der Waals surface area contributed by atoms with Crippen LogP contribution in [0.25, 0.3) is 0 Å². The Morgan fingerprint density at radius 2 is 1.92 bits per heavy atom. The summed E-state index contributed by atoms with van der Waals surface area (Å²) in [6, 6.07) is 6.12. The van der Waals surface area contributed by atoms with E-state index in [1.807, 2.05) is 26.0 Å². The molecule has 0 bridgehead atoms. The number of anilines is 1. The molecule has 26 heavy (non-hydrogen) atoms. The molecule has 1 saturated heterocycles. The predicted molar refractivity (Wildman–Crippen MR) is 110 cm³/mol. The zero-order chi connectivity index (χ0) is 19.2. The van der Waals surface area contributed by atoms with Crippen LogP contribution in [0, 0.1) is 0 Å². The first-order valence-electron chi connectivity index (χ1n) is 9.07. The second kappa shape index (κ2) is 9.44. The first-order chi connectivity index (χ1) is 12.4.